The Morgan fingerprint density at radius 1 is 1.28 bits per heavy atom. The van der Waals surface area contributed by atoms with Crippen LogP contribution in [0.5, 0.6) is 0 Å². The highest BCUT2D eigenvalue weighted by molar-refractivity contribution is 8.01. The van der Waals surface area contributed by atoms with E-state index in [1.165, 1.54) is 52.6 Å². The van der Waals surface area contributed by atoms with Gasteiger partial charge in [0.15, 0.2) is 4.34 Å². The predicted octanol–water partition coefficient (Wildman–Crippen LogP) is 4.54. The monoisotopic (exact) mass is 448 g/mol. The summed E-state index contributed by atoms with van der Waals surface area (Å²) in [6, 6.07) is 4.24. The third kappa shape index (κ3) is 4.47. The highest BCUT2D eigenvalue weighted by Crippen LogP contribution is 2.37. The van der Waals surface area contributed by atoms with E-state index in [4.69, 9.17) is 5.73 Å². The first-order valence-corrected chi connectivity index (χ1v) is 10.8. The fourth-order valence-electron chi connectivity index (χ4n) is 2.55. The van der Waals surface area contributed by atoms with Crippen LogP contribution >= 0.6 is 34.4 Å². The number of nitro benzene ring substituents is 1. The molecule has 2 amide bonds. The number of aryl methyl sites for hydroxylation is 2. The molecule has 8 nitrogen and oxygen atoms in total. The van der Waals surface area contributed by atoms with Gasteiger partial charge in [0.05, 0.1) is 15.4 Å². The Morgan fingerprint density at radius 2 is 2.00 bits per heavy atom. The maximum absolute atomic E-state index is 12.7. The summed E-state index contributed by atoms with van der Waals surface area (Å²) in [5.74, 6) is -1.20. The van der Waals surface area contributed by atoms with Gasteiger partial charge in [0.2, 0.25) is 0 Å². The number of thiazole rings is 1. The fraction of sp³-hybridized carbons (Fsp3) is 0.167. The molecule has 0 fully saturated rings. The molecule has 0 radical (unpaired) electrons. The second kappa shape index (κ2) is 8.31. The van der Waals surface area contributed by atoms with Crippen LogP contribution in [0.4, 0.5) is 10.7 Å². The molecule has 11 heteroatoms. The molecule has 150 valence electrons. The molecule has 0 atom stereocenters. The van der Waals surface area contributed by atoms with Crippen LogP contribution in [0.1, 0.15) is 36.9 Å². The highest BCUT2D eigenvalue weighted by atomic mass is 32.2. The van der Waals surface area contributed by atoms with Gasteiger partial charge >= 0.3 is 0 Å². The molecule has 0 aliphatic heterocycles. The molecular formula is C18H16N4O4S3. The normalized spacial score (nSPS) is 10.7. The zero-order valence-corrected chi connectivity index (χ0v) is 18.1. The summed E-state index contributed by atoms with van der Waals surface area (Å²) in [5.41, 5.74) is 7.13. The molecule has 1 aromatic carbocycles. The third-order valence-electron chi connectivity index (χ3n) is 4.07. The summed E-state index contributed by atoms with van der Waals surface area (Å²) in [4.78, 5) is 40.9. The second-order valence-electron chi connectivity index (χ2n) is 6.10. The number of aromatic nitrogens is 1. The molecule has 0 unspecified atom stereocenters. The number of carbonyl (C=O) groups excluding carboxylic acids is 2. The van der Waals surface area contributed by atoms with Crippen LogP contribution in [0, 0.1) is 30.9 Å². The second-order valence-corrected chi connectivity index (χ2v) is 9.47. The first kappa shape index (κ1) is 21.0. The maximum atomic E-state index is 12.7. The molecule has 0 saturated carbocycles. The minimum Gasteiger partial charge on any atom is -0.365 e. The topological polar surface area (TPSA) is 128 Å². The van der Waals surface area contributed by atoms with Crippen molar-refractivity contribution in [2.75, 3.05) is 5.32 Å². The maximum Gasteiger partial charge on any atom is 0.284 e. The van der Waals surface area contributed by atoms with Gasteiger partial charge in [-0.2, -0.15) is 0 Å². The van der Waals surface area contributed by atoms with Gasteiger partial charge in [0.1, 0.15) is 5.00 Å². The molecule has 0 aliphatic rings. The van der Waals surface area contributed by atoms with Gasteiger partial charge in [-0.1, -0.05) is 11.8 Å². The Labute approximate surface area is 178 Å². The van der Waals surface area contributed by atoms with Crippen molar-refractivity contribution < 1.29 is 14.5 Å². The van der Waals surface area contributed by atoms with Crippen LogP contribution in [0.2, 0.25) is 0 Å². The van der Waals surface area contributed by atoms with Crippen LogP contribution in [0.15, 0.2) is 32.8 Å². The predicted molar refractivity (Wildman–Crippen MR) is 114 cm³/mol. The van der Waals surface area contributed by atoms with E-state index in [1.807, 2.05) is 19.2 Å². The fourth-order valence-corrected chi connectivity index (χ4v) is 5.49. The van der Waals surface area contributed by atoms with Crippen molar-refractivity contribution in [3.05, 3.63) is 61.0 Å². The molecule has 0 bridgehead atoms. The van der Waals surface area contributed by atoms with Crippen molar-refractivity contribution in [3.8, 4) is 0 Å². The van der Waals surface area contributed by atoms with Crippen LogP contribution in [-0.4, -0.2) is 21.7 Å². The number of carbonyl (C=O) groups is 2. The number of nitrogens with one attached hydrogen (secondary N) is 1. The van der Waals surface area contributed by atoms with E-state index in [0.29, 0.717) is 19.8 Å². The molecular weight excluding hydrogens is 432 g/mol. The Balaban J connectivity index is 1.90. The number of amides is 2. The van der Waals surface area contributed by atoms with Crippen molar-refractivity contribution in [2.45, 2.75) is 30.0 Å². The van der Waals surface area contributed by atoms with Gasteiger partial charge in [-0.15, -0.1) is 22.7 Å². The SMILES string of the molecule is Cc1csc(Sc2ccc(C(=O)Nc3sc(C)c(C)c3C(N)=O)cc2[N+](=O)[O-])n1. The summed E-state index contributed by atoms with van der Waals surface area (Å²) in [5, 5.41) is 16.4. The lowest BCUT2D eigenvalue weighted by atomic mass is 10.1. The number of benzene rings is 1. The summed E-state index contributed by atoms with van der Waals surface area (Å²) in [6.07, 6.45) is 0. The number of hydrogen-bond acceptors (Lipinski definition) is 8. The van der Waals surface area contributed by atoms with Gasteiger partial charge in [0, 0.05) is 27.6 Å². The average molecular weight is 449 g/mol. The van der Waals surface area contributed by atoms with E-state index >= 15 is 0 Å². The number of nitrogens with two attached hydrogens (primary N) is 1. The lowest BCUT2D eigenvalue weighted by molar-refractivity contribution is -0.387. The average Bonchev–Trinajstić information content (AvgIpc) is 3.17. The van der Waals surface area contributed by atoms with Crippen molar-refractivity contribution in [3.63, 3.8) is 0 Å². The molecule has 0 aliphatic carbocycles. The smallest absolute Gasteiger partial charge is 0.284 e. The van der Waals surface area contributed by atoms with E-state index in [-0.39, 0.29) is 16.8 Å². The molecule has 3 aromatic rings. The third-order valence-corrected chi connectivity index (χ3v) is 7.32. The van der Waals surface area contributed by atoms with E-state index in [0.717, 1.165) is 10.6 Å². The number of nitrogens with zero attached hydrogens (tertiary/aromatic N) is 2. The van der Waals surface area contributed by atoms with Crippen molar-refractivity contribution in [1.82, 2.24) is 4.98 Å². The molecule has 0 spiro atoms. The Hall–Kier alpha value is -2.76. The number of anilines is 1. The molecule has 3 rings (SSSR count). The summed E-state index contributed by atoms with van der Waals surface area (Å²) < 4.78 is 0.679. The molecule has 3 N–H and O–H groups in total. The molecule has 2 heterocycles. The molecule has 0 saturated heterocycles. The highest BCUT2D eigenvalue weighted by Gasteiger charge is 2.22. The molecule has 29 heavy (non-hydrogen) atoms. The quantitative estimate of drug-likeness (QED) is 0.421. The van der Waals surface area contributed by atoms with E-state index in [1.54, 1.807) is 6.92 Å². The van der Waals surface area contributed by atoms with Crippen LogP contribution in [0.25, 0.3) is 0 Å². The summed E-state index contributed by atoms with van der Waals surface area (Å²) >= 11 is 3.80. The number of nitro groups is 1. The van der Waals surface area contributed by atoms with Crippen molar-refractivity contribution in [2.24, 2.45) is 5.73 Å². The Morgan fingerprint density at radius 3 is 2.59 bits per heavy atom. The van der Waals surface area contributed by atoms with E-state index in [2.05, 4.69) is 10.3 Å². The number of thiophene rings is 1. The lowest BCUT2D eigenvalue weighted by Gasteiger charge is -2.07. The minimum absolute atomic E-state index is 0.107. The first-order valence-electron chi connectivity index (χ1n) is 8.27. The van der Waals surface area contributed by atoms with Crippen LogP contribution in [0.3, 0.4) is 0 Å². The van der Waals surface area contributed by atoms with Crippen molar-refractivity contribution in [1.29, 1.82) is 0 Å². The van der Waals surface area contributed by atoms with Gasteiger partial charge in [-0.3, -0.25) is 19.7 Å². The van der Waals surface area contributed by atoms with Gasteiger partial charge < -0.3 is 11.1 Å². The number of hydrogen-bond donors (Lipinski definition) is 2. The van der Waals surface area contributed by atoms with Gasteiger partial charge in [0.25, 0.3) is 17.5 Å². The number of primary amides is 1. The number of rotatable bonds is 6. The van der Waals surface area contributed by atoms with Crippen LogP contribution < -0.4 is 11.1 Å². The molecule has 2 aromatic heterocycles. The standard InChI is InChI=1S/C18H16N4O4S3/c1-8-7-27-18(20-8)29-13-5-4-11(6-12(13)22(25)26)16(24)21-17-14(15(19)23)9(2)10(3)28-17/h4-7H,1-3H3,(H2,19,23)(H,21,24). The van der Waals surface area contributed by atoms with Crippen LogP contribution in [-0.2, 0) is 0 Å². The summed E-state index contributed by atoms with van der Waals surface area (Å²) in [7, 11) is 0. The van der Waals surface area contributed by atoms with E-state index < -0.39 is 16.7 Å². The van der Waals surface area contributed by atoms with Gasteiger partial charge in [-0.25, -0.2) is 4.98 Å². The van der Waals surface area contributed by atoms with E-state index in [9.17, 15) is 19.7 Å². The Kier molecular flexibility index (Phi) is 6.01. The zero-order valence-electron chi connectivity index (χ0n) is 15.6. The minimum atomic E-state index is -0.640. The summed E-state index contributed by atoms with van der Waals surface area (Å²) in [6.45, 7) is 5.41. The first-order chi connectivity index (χ1) is 13.7. The zero-order chi connectivity index (χ0) is 21.3. The Bertz CT molecular complexity index is 1140. The van der Waals surface area contributed by atoms with Crippen molar-refractivity contribution >= 4 is 56.9 Å². The van der Waals surface area contributed by atoms with Gasteiger partial charge in [-0.05, 0) is 38.5 Å². The largest absolute Gasteiger partial charge is 0.365 e. The lowest BCUT2D eigenvalue weighted by Crippen LogP contribution is -2.17.